The van der Waals surface area contributed by atoms with Crippen molar-refractivity contribution in [3.8, 4) is 0 Å². The molecular weight excluding hydrogens is 289 g/mol. The first-order valence-corrected chi connectivity index (χ1v) is 8.77. The van der Waals surface area contributed by atoms with Crippen LogP contribution in [0.5, 0.6) is 0 Å². The van der Waals surface area contributed by atoms with Gasteiger partial charge in [0, 0.05) is 0 Å². The fraction of sp³-hybridized carbons (Fsp3) is 0.533. The van der Waals surface area contributed by atoms with Crippen LogP contribution < -0.4 is 0 Å². The fourth-order valence-corrected chi connectivity index (χ4v) is 6.97. The van der Waals surface area contributed by atoms with Crippen molar-refractivity contribution in [2.45, 2.75) is 41.7 Å². The van der Waals surface area contributed by atoms with Crippen LogP contribution in [-0.4, -0.2) is 25.9 Å². The molecule has 2 fully saturated rings. The van der Waals surface area contributed by atoms with Crippen LogP contribution in [-0.2, 0) is 0 Å². The summed E-state index contributed by atoms with van der Waals surface area (Å²) in [5, 5.41) is 12.9. The van der Waals surface area contributed by atoms with Crippen molar-refractivity contribution in [1.29, 1.82) is 0 Å². The molecule has 2 nitrogen and oxygen atoms in total. The van der Waals surface area contributed by atoms with E-state index in [4.69, 9.17) is 0 Å². The molecule has 2 aliphatic rings. The van der Waals surface area contributed by atoms with Gasteiger partial charge in [0.2, 0.25) is 0 Å². The van der Waals surface area contributed by atoms with Crippen molar-refractivity contribution < 1.29 is 5.21 Å². The molecule has 0 radical (unpaired) electrons. The number of nitrogens with zero attached hydrogens (tertiary/aromatic N) is 1. The maximum absolute atomic E-state index is 9.29. The van der Waals surface area contributed by atoms with E-state index in [1.54, 1.807) is 0 Å². The summed E-state index contributed by atoms with van der Waals surface area (Å²) in [6, 6.07) is 10.8. The summed E-state index contributed by atoms with van der Waals surface area (Å²) < 4.78 is 0. The molecule has 0 amide bonds. The molecule has 0 spiro atoms. The number of oxime groups is 1. The van der Waals surface area contributed by atoms with E-state index in [0.717, 1.165) is 16.9 Å². The third-order valence-corrected chi connectivity index (χ3v) is 7.69. The second-order valence-corrected chi connectivity index (χ2v) is 8.30. The molecule has 18 heavy (non-hydrogen) atoms. The summed E-state index contributed by atoms with van der Waals surface area (Å²) in [5.41, 5.74) is 2.50. The molecule has 0 bridgehead atoms. The van der Waals surface area contributed by atoms with Crippen LogP contribution in [0.3, 0.4) is 0 Å². The zero-order valence-electron chi connectivity index (χ0n) is 10.5. The number of fused-ring (bicyclic) bond motifs is 1. The minimum atomic E-state index is 0.587. The van der Waals surface area contributed by atoms with Crippen molar-refractivity contribution in [1.82, 2.24) is 0 Å². The third kappa shape index (κ3) is 2.34. The van der Waals surface area contributed by atoms with Crippen molar-refractivity contribution >= 4 is 20.7 Å². The number of rotatable bonds is 1. The Kier molecular flexibility index (Phi) is 3.72. The predicted octanol–water partition coefficient (Wildman–Crippen LogP) is 3.64. The van der Waals surface area contributed by atoms with Crippen LogP contribution >= 0.6 is 0 Å². The quantitative estimate of drug-likeness (QED) is 0.479. The molecule has 1 heterocycles. The maximum atomic E-state index is 9.29. The van der Waals surface area contributed by atoms with E-state index < -0.39 is 0 Å². The molecule has 3 heteroatoms. The van der Waals surface area contributed by atoms with Gasteiger partial charge < -0.3 is 0 Å². The Morgan fingerprint density at radius 1 is 1.11 bits per heavy atom. The molecule has 3 atom stereocenters. The Balaban J connectivity index is 1.83. The zero-order valence-corrected chi connectivity index (χ0v) is 12.2. The average Bonchev–Trinajstić information content (AvgIpc) is 2.47. The van der Waals surface area contributed by atoms with E-state index in [1.807, 2.05) is 0 Å². The van der Waals surface area contributed by atoms with Crippen molar-refractivity contribution in [3.63, 3.8) is 0 Å². The van der Waals surface area contributed by atoms with Crippen LogP contribution in [0.1, 0.15) is 42.5 Å². The Morgan fingerprint density at radius 2 is 1.89 bits per heavy atom. The Morgan fingerprint density at radius 3 is 2.67 bits per heavy atom. The third-order valence-electron chi connectivity index (χ3n) is 4.16. The summed E-state index contributed by atoms with van der Waals surface area (Å²) in [5.74, 6) is 0.587. The number of hydrogen-bond acceptors (Lipinski definition) is 2. The van der Waals surface area contributed by atoms with Gasteiger partial charge in [-0.05, 0) is 0 Å². The first-order valence-electron chi connectivity index (χ1n) is 6.79. The molecule has 1 aromatic carbocycles. The van der Waals surface area contributed by atoms with Gasteiger partial charge >= 0.3 is 115 Å². The van der Waals surface area contributed by atoms with Gasteiger partial charge in [0.15, 0.2) is 0 Å². The molecule has 0 aromatic heterocycles. The second-order valence-electron chi connectivity index (χ2n) is 5.26. The van der Waals surface area contributed by atoms with Gasteiger partial charge in [-0.3, -0.25) is 0 Å². The second kappa shape index (κ2) is 5.46. The molecular formula is C15H19NOSe. The van der Waals surface area contributed by atoms with Crippen LogP contribution in [0, 0.1) is 5.92 Å². The van der Waals surface area contributed by atoms with Crippen LogP contribution in [0.4, 0.5) is 0 Å². The van der Waals surface area contributed by atoms with E-state index >= 15 is 0 Å². The van der Waals surface area contributed by atoms with Crippen molar-refractivity contribution in [2.75, 3.05) is 0 Å². The molecule has 1 N–H and O–H groups in total. The van der Waals surface area contributed by atoms with E-state index in [9.17, 15) is 5.21 Å². The summed E-state index contributed by atoms with van der Waals surface area (Å²) in [7, 11) is 0. The summed E-state index contributed by atoms with van der Waals surface area (Å²) in [6.45, 7) is 0. The summed E-state index contributed by atoms with van der Waals surface area (Å²) in [4.78, 5) is 1.42. The van der Waals surface area contributed by atoms with Crippen molar-refractivity contribution in [3.05, 3.63) is 35.9 Å². The van der Waals surface area contributed by atoms with E-state index in [-0.39, 0.29) is 0 Å². The van der Waals surface area contributed by atoms with Crippen LogP contribution in [0.25, 0.3) is 0 Å². The Hall–Kier alpha value is -0.791. The molecule has 1 saturated heterocycles. The Labute approximate surface area is 115 Å². The van der Waals surface area contributed by atoms with Gasteiger partial charge in [0.1, 0.15) is 0 Å². The number of benzene rings is 1. The van der Waals surface area contributed by atoms with Gasteiger partial charge in [-0.1, -0.05) is 0 Å². The van der Waals surface area contributed by atoms with E-state index in [1.165, 1.54) is 31.2 Å². The first kappa shape index (κ1) is 12.3. The standard InChI is InChI=1S/C15H19NOSe/c17-16-13-10-15(11-6-2-1-3-7-11)18-14-9-5-4-8-12(13)14/h1-3,6-7,12,14-15,17H,4-5,8-10H2/b16-13+/t12-,14-,15-/m0/s1. The number of hydrogen-bond donors (Lipinski definition) is 1. The molecule has 1 aliphatic carbocycles. The van der Waals surface area contributed by atoms with Gasteiger partial charge in [-0.15, -0.1) is 0 Å². The van der Waals surface area contributed by atoms with Crippen LogP contribution in [0.15, 0.2) is 35.5 Å². The average molecular weight is 308 g/mol. The zero-order chi connectivity index (χ0) is 12.4. The monoisotopic (exact) mass is 309 g/mol. The molecule has 1 aliphatic heterocycles. The molecule has 3 rings (SSSR count). The van der Waals surface area contributed by atoms with Crippen LogP contribution in [0.2, 0.25) is 4.82 Å². The van der Waals surface area contributed by atoms with Gasteiger partial charge in [0.25, 0.3) is 0 Å². The molecule has 1 saturated carbocycles. The summed E-state index contributed by atoms with van der Waals surface area (Å²) in [6.07, 6.45) is 6.23. The fourth-order valence-electron chi connectivity index (χ4n) is 3.22. The van der Waals surface area contributed by atoms with E-state index in [2.05, 4.69) is 35.5 Å². The van der Waals surface area contributed by atoms with Crippen molar-refractivity contribution in [2.24, 2.45) is 11.1 Å². The first-order chi connectivity index (χ1) is 8.88. The van der Waals surface area contributed by atoms with Gasteiger partial charge in [0.05, 0.1) is 0 Å². The van der Waals surface area contributed by atoms with Gasteiger partial charge in [-0.2, -0.15) is 0 Å². The SMILES string of the molecule is O/N=C1\C[C@@H](c2ccccc2)[Se][C@H]2CCCC[C@@H]12. The molecule has 0 unspecified atom stereocenters. The van der Waals surface area contributed by atoms with Gasteiger partial charge in [-0.25, -0.2) is 0 Å². The predicted molar refractivity (Wildman–Crippen MR) is 74.5 cm³/mol. The molecule has 1 aromatic rings. The van der Waals surface area contributed by atoms with E-state index in [0.29, 0.717) is 25.7 Å². The summed E-state index contributed by atoms with van der Waals surface area (Å²) >= 11 is 0.653. The molecule has 96 valence electrons. The normalized spacial score (nSPS) is 34.2. The Bertz CT molecular complexity index is 431. The minimum absolute atomic E-state index is 0.587. The topological polar surface area (TPSA) is 32.6 Å².